The number of benzene rings is 2. The smallest absolute Gasteiger partial charge is 0.253 e. The standard InChI is InChI=1S/C20H19FN2O2/c21-17-6-2-3-7-18(17)22-9-11-23(12-10-22)20(24)16-13-15-5-1-4-8-19(15)25-14-16/h1-8,13H,9-12,14H2. The molecule has 2 aliphatic rings. The molecule has 1 saturated heterocycles. The molecular formula is C20H19FN2O2. The van der Waals surface area contributed by atoms with Crippen molar-refractivity contribution in [1.82, 2.24) is 4.90 Å². The predicted molar refractivity (Wildman–Crippen MR) is 95.1 cm³/mol. The third kappa shape index (κ3) is 3.09. The van der Waals surface area contributed by atoms with Gasteiger partial charge in [0.25, 0.3) is 5.91 Å². The minimum Gasteiger partial charge on any atom is -0.488 e. The largest absolute Gasteiger partial charge is 0.488 e. The Bertz CT molecular complexity index is 826. The lowest BCUT2D eigenvalue weighted by Gasteiger charge is -2.36. The van der Waals surface area contributed by atoms with E-state index in [4.69, 9.17) is 4.74 Å². The number of nitrogens with zero attached hydrogens (tertiary/aromatic N) is 2. The van der Waals surface area contributed by atoms with Crippen LogP contribution in [0.3, 0.4) is 0 Å². The molecule has 0 radical (unpaired) electrons. The Hall–Kier alpha value is -2.82. The zero-order valence-electron chi connectivity index (χ0n) is 13.8. The van der Waals surface area contributed by atoms with Crippen LogP contribution in [0.5, 0.6) is 5.75 Å². The molecule has 0 unspecified atom stereocenters. The van der Waals surface area contributed by atoms with E-state index < -0.39 is 0 Å². The summed E-state index contributed by atoms with van der Waals surface area (Å²) in [5.41, 5.74) is 2.20. The number of hydrogen-bond acceptors (Lipinski definition) is 3. The Kier molecular flexibility index (Phi) is 4.14. The van der Waals surface area contributed by atoms with Gasteiger partial charge in [-0.2, -0.15) is 0 Å². The molecule has 0 saturated carbocycles. The fourth-order valence-corrected chi connectivity index (χ4v) is 3.30. The lowest BCUT2D eigenvalue weighted by atomic mass is 10.1. The number of halogens is 1. The molecule has 4 nitrogen and oxygen atoms in total. The average molecular weight is 338 g/mol. The van der Waals surface area contributed by atoms with Gasteiger partial charge in [-0.3, -0.25) is 4.79 Å². The van der Waals surface area contributed by atoms with E-state index in [1.54, 1.807) is 12.1 Å². The first-order valence-corrected chi connectivity index (χ1v) is 8.43. The van der Waals surface area contributed by atoms with Gasteiger partial charge in [0.2, 0.25) is 0 Å². The Morgan fingerprint density at radius 2 is 1.68 bits per heavy atom. The van der Waals surface area contributed by atoms with Crippen LogP contribution in [0.15, 0.2) is 54.1 Å². The molecule has 4 rings (SSSR count). The molecule has 5 heteroatoms. The van der Waals surface area contributed by atoms with Crippen molar-refractivity contribution in [2.24, 2.45) is 0 Å². The van der Waals surface area contributed by atoms with E-state index in [0.717, 1.165) is 11.3 Å². The Balaban J connectivity index is 1.44. The van der Waals surface area contributed by atoms with Crippen molar-refractivity contribution in [3.05, 3.63) is 65.5 Å². The maximum atomic E-state index is 13.9. The van der Waals surface area contributed by atoms with Crippen molar-refractivity contribution in [3.63, 3.8) is 0 Å². The van der Waals surface area contributed by atoms with Crippen molar-refractivity contribution in [1.29, 1.82) is 0 Å². The van der Waals surface area contributed by atoms with Crippen LogP contribution < -0.4 is 9.64 Å². The zero-order valence-corrected chi connectivity index (χ0v) is 13.8. The van der Waals surface area contributed by atoms with E-state index in [-0.39, 0.29) is 11.7 Å². The first-order chi connectivity index (χ1) is 12.2. The van der Waals surface area contributed by atoms with E-state index in [0.29, 0.717) is 44.0 Å². The highest BCUT2D eigenvalue weighted by molar-refractivity contribution is 5.99. The summed E-state index contributed by atoms with van der Waals surface area (Å²) < 4.78 is 19.6. The van der Waals surface area contributed by atoms with Crippen LogP contribution in [0.25, 0.3) is 6.08 Å². The summed E-state index contributed by atoms with van der Waals surface area (Å²) in [6, 6.07) is 14.5. The third-order valence-electron chi connectivity index (χ3n) is 4.67. The topological polar surface area (TPSA) is 32.8 Å². The van der Waals surface area contributed by atoms with E-state index in [1.807, 2.05) is 46.2 Å². The second-order valence-electron chi connectivity index (χ2n) is 6.23. The fraction of sp³-hybridized carbons (Fsp3) is 0.250. The summed E-state index contributed by atoms with van der Waals surface area (Å²) in [5, 5.41) is 0. The average Bonchev–Trinajstić information content (AvgIpc) is 2.67. The number of hydrogen-bond donors (Lipinski definition) is 0. The number of amides is 1. The first kappa shape index (κ1) is 15.7. The molecule has 2 aliphatic heterocycles. The number of carbonyl (C=O) groups excluding carboxylic acids is 1. The van der Waals surface area contributed by atoms with Crippen molar-refractivity contribution in [2.45, 2.75) is 0 Å². The van der Waals surface area contributed by atoms with Gasteiger partial charge >= 0.3 is 0 Å². The molecule has 2 aromatic rings. The molecule has 0 bridgehead atoms. The van der Waals surface area contributed by atoms with Gasteiger partial charge in [0.1, 0.15) is 18.2 Å². The van der Waals surface area contributed by atoms with Crippen LogP contribution in [0, 0.1) is 5.82 Å². The summed E-state index contributed by atoms with van der Waals surface area (Å²) in [6.07, 6.45) is 1.91. The highest BCUT2D eigenvalue weighted by Gasteiger charge is 2.26. The van der Waals surface area contributed by atoms with Crippen molar-refractivity contribution >= 4 is 17.7 Å². The number of ether oxygens (including phenoxy) is 1. The molecule has 1 fully saturated rings. The Morgan fingerprint density at radius 3 is 2.48 bits per heavy atom. The quantitative estimate of drug-likeness (QED) is 0.844. The minimum absolute atomic E-state index is 0.00249. The van der Waals surface area contributed by atoms with Crippen LogP contribution in [-0.4, -0.2) is 43.6 Å². The van der Waals surface area contributed by atoms with Gasteiger partial charge in [-0.15, -0.1) is 0 Å². The summed E-state index contributed by atoms with van der Waals surface area (Å²) in [4.78, 5) is 16.6. The number of para-hydroxylation sites is 2. The molecule has 0 aliphatic carbocycles. The maximum Gasteiger partial charge on any atom is 0.253 e. The van der Waals surface area contributed by atoms with Gasteiger partial charge in [0.15, 0.2) is 0 Å². The van der Waals surface area contributed by atoms with Crippen LogP contribution in [0.4, 0.5) is 10.1 Å². The summed E-state index contributed by atoms with van der Waals surface area (Å²) in [5.74, 6) is 0.591. The summed E-state index contributed by atoms with van der Waals surface area (Å²) in [7, 11) is 0. The minimum atomic E-state index is -0.220. The maximum absolute atomic E-state index is 13.9. The predicted octanol–water partition coefficient (Wildman–Crippen LogP) is 2.95. The first-order valence-electron chi connectivity index (χ1n) is 8.43. The monoisotopic (exact) mass is 338 g/mol. The summed E-state index contributed by atoms with van der Waals surface area (Å²) in [6.45, 7) is 2.69. The van der Waals surface area contributed by atoms with Crippen molar-refractivity contribution < 1.29 is 13.9 Å². The molecule has 0 aromatic heterocycles. The van der Waals surface area contributed by atoms with Gasteiger partial charge in [-0.25, -0.2) is 4.39 Å². The molecular weight excluding hydrogens is 319 g/mol. The van der Waals surface area contributed by atoms with Crippen LogP contribution in [0.2, 0.25) is 0 Å². The van der Waals surface area contributed by atoms with Crippen molar-refractivity contribution in [3.8, 4) is 5.75 Å². The Morgan fingerprint density at radius 1 is 0.960 bits per heavy atom. The zero-order chi connectivity index (χ0) is 17.2. The Labute approximate surface area is 146 Å². The highest BCUT2D eigenvalue weighted by atomic mass is 19.1. The van der Waals surface area contributed by atoms with Crippen LogP contribution in [-0.2, 0) is 4.79 Å². The van der Waals surface area contributed by atoms with E-state index in [9.17, 15) is 9.18 Å². The number of rotatable bonds is 2. The number of fused-ring (bicyclic) bond motifs is 1. The second kappa shape index (κ2) is 6.59. The molecule has 25 heavy (non-hydrogen) atoms. The summed E-state index contributed by atoms with van der Waals surface area (Å²) >= 11 is 0. The SMILES string of the molecule is O=C(C1=Cc2ccccc2OC1)N1CCN(c2ccccc2F)CC1. The van der Waals surface area contributed by atoms with Gasteiger partial charge in [0.05, 0.1) is 11.3 Å². The molecule has 0 atom stereocenters. The molecule has 1 amide bonds. The molecule has 2 aromatic carbocycles. The lowest BCUT2D eigenvalue weighted by molar-refractivity contribution is -0.127. The molecule has 0 N–H and O–H groups in total. The van der Waals surface area contributed by atoms with Gasteiger partial charge < -0.3 is 14.5 Å². The normalized spacial score (nSPS) is 16.8. The van der Waals surface area contributed by atoms with Gasteiger partial charge in [-0.1, -0.05) is 30.3 Å². The van der Waals surface area contributed by atoms with E-state index in [1.165, 1.54) is 6.07 Å². The number of piperazine rings is 1. The highest BCUT2D eigenvalue weighted by Crippen LogP contribution is 2.27. The van der Waals surface area contributed by atoms with E-state index in [2.05, 4.69) is 0 Å². The molecule has 128 valence electrons. The van der Waals surface area contributed by atoms with Gasteiger partial charge in [-0.05, 0) is 24.3 Å². The van der Waals surface area contributed by atoms with E-state index >= 15 is 0 Å². The second-order valence-corrected chi connectivity index (χ2v) is 6.23. The van der Waals surface area contributed by atoms with Crippen molar-refractivity contribution in [2.75, 3.05) is 37.7 Å². The van der Waals surface area contributed by atoms with Gasteiger partial charge in [0, 0.05) is 31.7 Å². The number of carbonyl (C=O) groups is 1. The lowest BCUT2D eigenvalue weighted by Crippen LogP contribution is -2.49. The van der Waals surface area contributed by atoms with Crippen LogP contribution in [0.1, 0.15) is 5.56 Å². The molecule has 0 spiro atoms. The third-order valence-corrected chi connectivity index (χ3v) is 4.67. The fourth-order valence-electron chi connectivity index (χ4n) is 3.30. The van der Waals surface area contributed by atoms with Crippen LogP contribution >= 0.6 is 0 Å². The number of anilines is 1. The molecule has 2 heterocycles.